The lowest BCUT2D eigenvalue weighted by molar-refractivity contribution is -0.133. The number of piperazine rings is 1. The van der Waals surface area contributed by atoms with Crippen molar-refractivity contribution < 1.29 is 9.59 Å². The van der Waals surface area contributed by atoms with Crippen LogP contribution in [0, 0.1) is 0 Å². The summed E-state index contributed by atoms with van der Waals surface area (Å²) in [4.78, 5) is 30.8. The van der Waals surface area contributed by atoms with Crippen molar-refractivity contribution in [2.75, 3.05) is 46.8 Å². The lowest BCUT2D eigenvalue weighted by Gasteiger charge is -2.35. The average molecular weight is 435 g/mol. The van der Waals surface area contributed by atoms with E-state index in [-0.39, 0.29) is 11.8 Å². The lowest BCUT2D eigenvalue weighted by atomic mass is 10.2. The molecule has 5 nitrogen and oxygen atoms in total. The molecule has 0 N–H and O–H groups in total. The minimum atomic E-state index is -0.136. The van der Waals surface area contributed by atoms with Crippen LogP contribution in [0.15, 0.2) is 12.1 Å². The number of hydrogen-bond acceptors (Lipinski definition) is 4. The topological polar surface area (TPSA) is 43.9 Å². The molecule has 1 aromatic carbocycles. The van der Waals surface area contributed by atoms with E-state index in [2.05, 4.69) is 0 Å². The molecule has 1 fully saturated rings. The van der Waals surface area contributed by atoms with Gasteiger partial charge < -0.3 is 14.7 Å². The predicted molar refractivity (Wildman–Crippen MR) is 108 cm³/mol. The molecule has 9 heteroatoms. The maximum atomic E-state index is 12.9. The summed E-state index contributed by atoms with van der Waals surface area (Å²) in [5, 5.41) is 1.97. The van der Waals surface area contributed by atoms with E-state index in [0.717, 1.165) is 4.70 Å². The third-order valence-corrected chi connectivity index (χ3v) is 6.35. The summed E-state index contributed by atoms with van der Waals surface area (Å²) < 4.78 is 0.788. The monoisotopic (exact) mass is 433 g/mol. The van der Waals surface area contributed by atoms with Crippen LogP contribution in [0.4, 0.5) is 0 Å². The molecule has 3 rings (SSSR count). The number of benzene rings is 1. The molecule has 0 aliphatic carbocycles. The highest BCUT2D eigenvalue weighted by Gasteiger charge is 2.28. The molecule has 1 saturated heterocycles. The van der Waals surface area contributed by atoms with Gasteiger partial charge in [0.1, 0.15) is 4.88 Å². The van der Waals surface area contributed by atoms with E-state index in [9.17, 15) is 9.59 Å². The lowest BCUT2D eigenvalue weighted by Crippen LogP contribution is -2.52. The number of fused-ring (bicyclic) bond motifs is 1. The van der Waals surface area contributed by atoms with Gasteiger partial charge in [-0.2, -0.15) is 0 Å². The van der Waals surface area contributed by atoms with Crippen LogP contribution in [-0.2, 0) is 4.79 Å². The Morgan fingerprint density at radius 3 is 2.31 bits per heavy atom. The van der Waals surface area contributed by atoms with Gasteiger partial charge in [0, 0.05) is 41.3 Å². The van der Waals surface area contributed by atoms with Crippen LogP contribution in [0.25, 0.3) is 10.1 Å². The van der Waals surface area contributed by atoms with E-state index >= 15 is 0 Å². The molecular weight excluding hydrogens is 417 g/mol. The minimum absolute atomic E-state index is 0.0726. The van der Waals surface area contributed by atoms with Crippen LogP contribution in [0.3, 0.4) is 0 Å². The van der Waals surface area contributed by atoms with Gasteiger partial charge in [0.25, 0.3) is 5.91 Å². The van der Waals surface area contributed by atoms with E-state index in [0.29, 0.717) is 58.1 Å². The fourth-order valence-electron chi connectivity index (χ4n) is 2.92. The van der Waals surface area contributed by atoms with Gasteiger partial charge in [0.05, 0.1) is 16.6 Å². The number of halogens is 3. The Bertz CT molecular complexity index is 861. The normalized spacial score (nSPS) is 15.2. The zero-order valence-electron chi connectivity index (χ0n) is 14.4. The summed E-state index contributed by atoms with van der Waals surface area (Å²) >= 11 is 20.0. The highest BCUT2D eigenvalue weighted by Crippen LogP contribution is 2.41. The minimum Gasteiger partial charge on any atom is -0.338 e. The molecule has 0 atom stereocenters. The second-order valence-corrected chi connectivity index (χ2v) is 8.69. The number of hydrogen-bond donors (Lipinski definition) is 0. The first-order valence-electron chi connectivity index (χ1n) is 8.06. The van der Waals surface area contributed by atoms with Crippen LogP contribution in [0.1, 0.15) is 9.67 Å². The number of rotatable bonds is 3. The Morgan fingerprint density at radius 2 is 1.69 bits per heavy atom. The van der Waals surface area contributed by atoms with E-state index in [1.54, 1.807) is 21.9 Å². The molecule has 0 saturated carbocycles. The smallest absolute Gasteiger partial charge is 0.265 e. The number of nitrogens with zero attached hydrogens (tertiary/aromatic N) is 3. The first-order valence-corrected chi connectivity index (χ1v) is 10.0. The van der Waals surface area contributed by atoms with Gasteiger partial charge in [-0.25, -0.2) is 0 Å². The first-order chi connectivity index (χ1) is 12.3. The van der Waals surface area contributed by atoms with Crippen molar-refractivity contribution in [3.63, 3.8) is 0 Å². The molecule has 1 aromatic heterocycles. The van der Waals surface area contributed by atoms with Gasteiger partial charge in [-0.1, -0.05) is 34.8 Å². The molecule has 0 spiro atoms. The fraction of sp³-hybridized carbons (Fsp3) is 0.412. The van der Waals surface area contributed by atoms with Crippen LogP contribution in [-0.4, -0.2) is 73.3 Å². The van der Waals surface area contributed by atoms with Crippen LogP contribution >= 0.6 is 46.1 Å². The Morgan fingerprint density at radius 1 is 1.08 bits per heavy atom. The summed E-state index contributed by atoms with van der Waals surface area (Å²) in [7, 11) is 3.72. The summed E-state index contributed by atoms with van der Waals surface area (Å²) in [6.45, 7) is 2.38. The Labute approximate surface area is 171 Å². The van der Waals surface area contributed by atoms with Crippen LogP contribution < -0.4 is 0 Å². The second kappa shape index (κ2) is 7.90. The standard InChI is InChI=1S/C17H18Cl3N3O2S/c1-21(2)9-13(24)22-3-5-23(6-4-22)17(25)16-15(20)14-11(19)7-10(18)8-12(14)26-16/h7-8H,3-6,9H2,1-2H3. The van der Waals surface area contributed by atoms with Crippen molar-refractivity contribution in [2.45, 2.75) is 0 Å². The zero-order chi connectivity index (χ0) is 19.0. The molecule has 2 amide bonds. The van der Waals surface area contributed by atoms with E-state index in [1.165, 1.54) is 11.3 Å². The first kappa shape index (κ1) is 19.7. The van der Waals surface area contributed by atoms with Crippen molar-refractivity contribution in [2.24, 2.45) is 0 Å². The van der Waals surface area contributed by atoms with Crippen molar-refractivity contribution in [1.29, 1.82) is 0 Å². The Hall–Kier alpha value is -1.05. The Kier molecular flexibility index (Phi) is 5.99. The predicted octanol–water partition coefficient (Wildman–Crippen LogP) is 3.71. The highest BCUT2D eigenvalue weighted by molar-refractivity contribution is 7.21. The summed E-state index contributed by atoms with van der Waals surface area (Å²) in [5.41, 5.74) is 0. The molecule has 0 radical (unpaired) electrons. The molecule has 1 aliphatic rings. The molecule has 0 unspecified atom stereocenters. The van der Waals surface area contributed by atoms with Crippen molar-refractivity contribution >= 4 is 68.0 Å². The second-order valence-electron chi connectivity index (χ2n) is 6.42. The number of amides is 2. The van der Waals surface area contributed by atoms with E-state index < -0.39 is 0 Å². The van der Waals surface area contributed by atoms with Gasteiger partial charge in [0.2, 0.25) is 5.91 Å². The largest absolute Gasteiger partial charge is 0.338 e. The summed E-state index contributed by atoms with van der Waals surface area (Å²) in [6, 6.07) is 3.38. The molecule has 2 aromatic rings. The van der Waals surface area contributed by atoms with Gasteiger partial charge in [-0.05, 0) is 26.2 Å². The quantitative estimate of drug-likeness (QED) is 0.740. The maximum absolute atomic E-state index is 12.9. The van der Waals surface area contributed by atoms with Crippen molar-refractivity contribution in [3.8, 4) is 0 Å². The third kappa shape index (κ3) is 3.94. The fourth-order valence-corrected chi connectivity index (χ4v) is 5.26. The van der Waals surface area contributed by atoms with Crippen molar-refractivity contribution in [3.05, 3.63) is 32.1 Å². The number of thiophene rings is 1. The highest BCUT2D eigenvalue weighted by atomic mass is 35.5. The SMILES string of the molecule is CN(C)CC(=O)N1CCN(C(=O)c2sc3cc(Cl)cc(Cl)c3c2Cl)CC1. The molecule has 1 aliphatic heterocycles. The molecule has 26 heavy (non-hydrogen) atoms. The number of carbonyl (C=O) groups is 2. The maximum Gasteiger partial charge on any atom is 0.265 e. The van der Waals surface area contributed by atoms with E-state index in [1.807, 2.05) is 19.0 Å². The molecular formula is C17H18Cl3N3O2S. The van der Waals surface area contributed by atoms with Crippen LogP contribution in [0.5, 0.6) is 0 Å². The molecule has 2 heterocycles. The zero-order valence-corrected chi connectivity index (χ0v) is 17.5. The third-order valence-electron chi connectivity index (χ3n) is 4.22. The van der Waals surface area contributed by atoms with Gasteiger partial charge >= 0.3 is 0 Å². The molecule has 140 valence electrons. The van der Waals surface area contributed by atoms with Gasteiger partial charge in [0.15, 0.2) is 0 Å². The summed E-state index contributed by atoms with van der Waals surface area (Å²) in [6.07, 6.45) is 0. The number of carbonyl (C=O) groups excluding carboxylic acids is 2. The van der Waals surface area contributed by atoms with Gasteiger partial charge in [-0.3, -0.25) is 9.59 Å². The van der Waals surface area contributed by atoms with Crippen molar-refractivity contribution in [1.82, 2.24) is 14.7 Å². The average Bonchev–Trinajstić information content (AvgIpc) is 2.90. The van der Waals surface area contributed by atoms with Crippen LogP contribution in [0.2, 0.25) is 15.1 Å². The Balaban J connectivity index is 1.75. The molecule has 0 bridgehead atoms. The van der Waals surface area contributed by atoms with E-state index in [4.69, 9.17) is 34.8 Å². The van der Waals surface area contributed by atoms with Gasteiger partial charge in [-0.15, -0.1) is 11.3 Å². The summed E-state index contributed by atoms with van der Waals surface area (Å²) in [5.74, 6) is -0.0634. The number of likely N-dealkylation sites (N-methyl/N-ethyl adjacent to an activating group) is 1.